The van der Waals surface area contributed by atoms with Crippen molar-refractivity contribution in [1.82, 2.24) is 0 Å². The smallest absolute Gasteiger partial charge is 0.462 e. The molecule has 0 heterocycles. The highest BCUT2D eigenvalue weighted by atomic mass is 31.2. The molecule has 0 aliphatic rings. The molecule has 0 aliphatic carbocycles. The maximum Gasteiger partial charge on any atom is 0.472 e. The maximum atomic E-state index is 13.1. The van der Waals surface area contributed by atoms with Crippen LogP contribution in [0.5, 0.6) is 0 Å². The number of phosphoric ester groups is 2. The quantitative estimate of drug-likeness (QED) is 0.0222. The van der Waals surface area contributed by atoms with Gasteiger partial charge in [-0.3, -0.25) is 37.3 Å². The van der Waals surface area contributed by atoms with E-state index in [0.29, 0.717) is 25.7 Å². The first-order chi connectivity index (χ1) is 47.9. The molecule has 0 saturated carbocycles. The van der Waals surface area contributed by atoms with Crippen molar-refractivity contribution in [3.05, 3.63) is 0 Å². The summed E-state index contributed by atoms with van der Waals surface area (Å²) in [5.74, 6) is -0.539. The molecule has 3 N–H and O–H groups in total. The number of aliphatic hydroxyl groups excluding tert-OH is 1. The lowest BCUT2D eigenvalue weighted by atomic mass is 9.99. The van der Waals surface area contributed by atoms with Crippen LogP contribution in [0, 0.1) is 11.8 Å². The Bertz CT molecular complexity index is 1910. The number of esters is 4. The lowest BCUT2D eigenvalue weighted by Crippen LogP contribution is -2.30. The first kappa shape index (κ1) is 97.1. The zero-order chi connectivity index (χ0) is 72.8. The number of carbonyl (C=O) groups excluding carboxylic acids is 4. The van der Waals surface area contributed by atoms with Crippen LogP contribution in [0.4, 0.5) is 0 Å². The summed E-state index contributed by atoms with van der Waals surface area (Å²) in [6, 6.07) is 0. The normalized spacial score (nSPS) is 14.2. The number of hydrogen-bond donors (Lipinski definition) is 3. The van der Waals surface area contributed by atoms with E-state index in [1.165, 1.54) is 238 Å². The second kappa shape index (κ2) is 71.7. The highest BCUT2D eigenvalue weighted by Crippen LogP contribution is 2.45. The zero-order valence-corrected chi connectivity index (χ0v) is 66.6. The molecule has 99 heavy (non-hydrogen) atoms. The van der Waals surface area contributed by atoms with Crippen LogP contribution in [0.3, 0.4) is 0 Å². The van der Waals surface area contributed by atoms with E-state index in [9.17, 15) is 43.2 Å². The monoisotopic (exact) mass is 1450 g/mol. The fourth-order valence-corrected chi connectivity index (χ4v) is 13.9. The summed E-state index contributed by atoms with van der Waals surface area (Å²) in [6.45, 7) is 9.63. The van der Waals surface area contributed by atoms with Gasteiger partial charge in [0.2, 0.25) is 0 Å². The molecule has 0 aliphatic heterocycles. The average Bonchev–Trinajstić information content (AvgIpc) is 0.996. The van der Waals surface area contributed by atoms with Crippen LogP contribution in [-0.2, 0) is 65.4 Å². The molecule has 19 heteroatoms. The number of unbranched alkanes of at least 4 members (excludes halogenated alkanes) is 48. The molecule has 0 aromatic heterocycles. The Kier molecular flexibility index (Phi) is 70.3. The molecule has 0 aromatic rings. The molecule has 0 spiro atoms. The van der Waals surface area contributed by atoms with Gasteiger partial charge in [0.25, 0.3) is 0 Å². The molecule has 6 atom stereocenters. The zero-order valence-electron chi connectivity index (χ0n) is 64.8. The molecule has 0 radical (unpaired) electrons. The van der Waals surface area contributed by atoms with Crippen LogP contribution >= 0.6 is 15.6 Å². The molecular formula is C80H156O17P2. The van der Waals surface area contributed by atoms with Crippen molar-refractivity contribution in [2.45, 2.75) is 439 Å². The van der Waals surface area contributed by atoms with Crippen LogP contribution in [-0.4, -0.2) is 96.7 Å². The third kappa shape index (κ3) is 72.8. The van der Waals surface area contributed by atoms with Gasteiger partial charge in [0.15, 0.2) is 12.2 Å². The van der Waals surface area contributed by atoms with Crippen molar-refractivity contribution < 1.29 is 80.2 Å². The largest absolute Gasteiger partial charge is 0.472 e. The van der Waals surface area contributed by atoms with Gasteiger partial charge >= 0.3 is 39.5 Å². The second-order valence-electron chi connectivity index (χ2n) is 29.5. The van der Waals surface area contributed by atoms with Crippen molar-refractivity contribution in [3.8, 4) is 0 Å². The Morgan fingerprint density at radius 3 is 0.768 bits per heavy atom. The fourth-order valence-electron chi connectivity index (χ4n) is 12.3. The molecule has 0 bridgehead atoms. The van der Waals surface area contributed by atoms with Gasteiger partial charge < -0.3 is 33.8 Å². The van der Waals surface area contributed by atoms with E-state index < -0.39 is 97.5 Å². The fraction of sp³-hybridized carbons (Fsp3) is 0.950. The van der Waals surface area contributed by atoms with Gasteiger partial charge in [0.05, 0.1) is 26.4 Å². The van der Waals surface area contributed by atoms with Gasteiger partial charge in [-0.1, -0.05) is 369 Å². The number of ether oxygens (including phenoxy) is 4. The molecule has 588 valence electrons. The van der Waals surface area contributed by atoms with Crippen molar-refractivity contribution in [2.24, 2.45) is 11.8 Å². The van der Waals surface area contributed by atoms with Crippen LogP contribution in [0.1, 0.15) is 420 Å². The lowest BCUT2D eigenvalue weighted by molar-refractivity contribution is -0.161. The molecule has 0 rings (SSSR count). The van der Waals surface area contributed by atoms with Crippen LogP contribution in [0.15, 0.2) is 0 Å². The van der Waals surface area contributed by atoms with E-state index in [-0.39, 0.29) is 25.7 Å². The molecule has 3 unspecified atom stereocenters. The Morgan fingerprint density at radius 2 is 0.515 bits per heavy atom. The number of aliphatic hydroxyl groups is 1. The SMILES string of the molecule is CCCCCCCCCCCCCCCCCCCCCCCCC(=O)O[C@H](COC(=O)CCCCCCCCCCCCCC(C)C)COP(=O)(O)OC[C@@H](O)COP(=O)(O)OC[C@@H](COC(=O)CCCCCCCCCCC)OC(=O)CCCCCCCCCCCCC(C)CC. The standard InChI is InChI=1S/C80H156O17P2/c1-7-10-12-14-16-18-19-20-21-22-23-24-25-26-27-28-29-32-40-46-52-58-64-79(84)96-76(69-91-78(83)63-57-51-45-39-33-30-31-37-42-48-54-60-72(4)5)71-95-99(88,89)93-67-74(81)66-92-98(86,87)94-70-75(68-90-77(82)62-56-50-44-36-17-15-13-11-8-2)97-80(85)65-59-53-47-41-35-34-38-43-49-55-61-73(6)9-3/h72-76,81H,7-71H2,1-6H3,(H,86,87)(H,88,89)/t73?,74-,75+,76+/m0/s1. The Morgan fingerprint density at radius 1 is 0.293 bits per heavy atom. The predicted molar refractivity (Wildman–Crippen MR) is 405 cm³/mol. The summed E-state index contributed by atoms with van der Waals surface area (Å²) in [5.41, 5.74) is 0. The van der Waals surface area contributed by atoms with E-state index in [4.69, 9.17) is 37.0 Å². The number of rotatable bonds is 79. The van der Waals surface area contributed by atoms with Crippen molar-refractivity contribution >= 4 is 39.5 Å². The van der Waals surface area contributed by atoms with E-state index in [1.54, 1.807) is 0 Å². The van der Waals surface area contributed by atoms with Crippen molar-refractivity contribution in [1.29, 1.82) is 0 Å². The summed E-state index contributed by atoms with van der Waals surface area (Å²) < 4.78 is 68.6. The first-order valence-electron chi connectivity index (χ1n) is 41.5. The Labute approximate surface area is 607 Å². The summed E-state index contributed by atoms with van der Waals surface area (Å²) in [7, 11) is -9.92. The minimum atomic E-state index is -4.96. The van der Waals surface area contributed by atoms with Crippen molar-refractivity contribution in [2.75, 3.05) is 39.6 Å². The van der Waals surface area contributed by atoms with Gasteiger partial charge in [0.1, 0.15) is 19.3 Å². The summed E-state index contributed by atoms with van der Waals surface area (Å²) in [4.78, 5) is 72.9. The second-order valence-corrected chi connectivity index (χ2v) is 32.4. The van der Waals surface area contributed by atoms with Crippen LogP contribution in [0.2, 0.25) is 0 Å². The van der Waals surface area contributed by atoms with Gasteiger partial charge in [0, 0.05) is 25.7 Å². The van der Waals surface area contributed by atoms with Crippen molar-refractivity contribution in [3.63, 3.8) is 0 Å². The first-order valence-corrected chi connectivity index (χ1v) is 44.5. The van der Waals surface area contributed by atoms with Crippen LogP contribution < -0.4 is 0 Å². The summed E-state index contributed by atoms with van der Waals surface area (Å²) >= 11 is 0. The highest BCUT2D eigenvalue weighted by Gasteiger charge is 2.30. The Balaban J connectivity index is 5.19. The number of phosphoric acid groups is 2. The molecule has 0 fully saturated rings. The molecule has 17 nitrogen and oxygen atoms in total. The molecular weight excluding hydrogens is 1290 g/mol. The predicted octanol–water partition coefficient (Wildman–Crippen LogP) is 23.9. The van der Waals surface area contributed by atoms with E-state index >= 15 is 0 Å². The van der Waals surface area contributed by atoms with Gasteiger partial charge in [-0.2, -0.15) is 0 Å². The Hall–Kier alpha value is -1.94. The van der Waals surface area contributed by atoms with Gasteiger partial charge in [-0.15, -0.1) is 0 Å². The molecule has 0 amide bonds. The third-order valence-corrected chi connectivity index (χ3v) is 21.0. The van der Waals surface area contributed by atoms with Gasteiger partial charge in [-0.05, 0) is 37.5 Å². The summed E-state index contributed by atoms with van der Waals surface area (Å²) in [6.07, 6.45) is 61.1. The average molecular weight is 1450 g/mol. The minimum Gasteiger partial charge on any atom is -0.462 e. The molecule has 0 aromatic carbocycles. The summed E-state index contributed by atoms with van der Waals surface area (Å²) in [5, 5.41) is 10.6. The highest BCUT2D eigenvalue weighted by molar-refractivity contribution is 7.47. The minimum absolute atomic E-state index is 0.106. The molecule has 0 saturated heterocycles. The topological polar surface area (TPSA) is 237 Å². The van der Waals surface area contributed by atoms with E-state index in [2.05, 4.69) is 41.5 Å². The van der Waals surface area contributed by atoms with E-state index in [0.717, 1.165) is 102 Å². The lowest BCUT2D eigenvalue weighted by Gasteiger charge is -2.21. The number of carbonyl (C=O) groups is 4. The maximum absolute atomic E-state index is 13.1. The van der Waals surface area contributed by atoms with Crippen LogP contribution in [0.25, 0.3) is 0 Å². The third-order valence-electron chi connectivity index (χ3n) is 19.1. The van der Waals surface area contributed by atoms with Gasteiger partial charge in [-0.25, -0.2) is 9.13 Å². The van der Waals surface area contributed by atoms with E-state index in [1.807, 2.05) is 0 Å². The number of hydrogen-bond acceptors (Lipinski definition) is 15.